The van der Waals surface area contributed by atoms with Crippen LogP contribution in [0, 0.1) is 0 Å². The summed E-state index contributed by atoms with van der Waals surface area (Å²) >= 11 is 0. The van der Waals surface area contributed by atoms with Crippen LogP contribution in [0.3, 0.4) is 0 Å². The second-order valence-electron chi connectivity index (χ2n) is 6.03. The van der Waals surface area contributed by atoms with Crippen LogP contribution in [0.1, 0.15) is 66.2 Å². The summed E-state index contributed by atoms with van der Waals surface area (Å²) in [5.41, 5.74) is 7.46. The molecule has 0 amide bonds. The third-order valence-corrected chi connectivity index (χ3v) is 4.22. The third-order valence-electron chi connectivity index (χ3n) is 4.22. The largest absolute Gasteiger partial charge is 0.488 e. The van der Waals surface area contributed by atoms with Gasteiger partial charge in [0, 0.05) is 24.8 Å². The van der Waals surface area contributed by atoms with Crippen LogP contribution in [0.15, 0.2) is 23.3 Å². The molecule has 0 aromatic heterocycles. The molecule has 0 spiro atoms. The molecule has 0 atom stereocenters. The molecule has 0 saturated heterocycles. The van der Waals surface area contributed by atoms with Gasteiger partial charge in [-0.15, -0.1) is 0 Å². The highest BCUT2D eigenvalue weighted by Gasteiger charge is 2.14. The van der Waals surface area contributed by atoms with Crippen LogP contribution in [0.2, 0.25) is 0 Å². The van der Waals surface area contributed by atoms with Crippen molar-refractivity contribution in [2.75, 3.05) is 18.0 Å². The van der Waals surface area contributed by atoms with Crippen molar-refractivity contribution < 1.29 is 10.3 Å². The maximum atomic E-state index is 6.13. The lowest BCUT2D eigenvalue weighted by atomic mass is 10.2. The van der Waals surface area contributed by atoms with Gasteiger partial charge in [-0.3, -0.25) is 0 Å². The summed E-state index contributed by atoms with van der Waals surface area (Å²) in [6.45, 7) is 10.9. The fourth-order valence-electron chi connectivity index (χ4n) is 2.60. The van der Waals surface area contributed by atoms with Crippen LogP contribution in [0.5, 0.6) is 5.75 Å². The fraction of sp³-hybridized carbons (Fsp3) is 0.684. The number of hydrogen-bond donors (Lipinski definition) is 1. The number of benzene rings is 1. The van der Waals surface area contributed by atoms with Crippen LogP contribution in [-0.2, 0) is 0 Å². The molecule has 23 heavy (non-hydrogen) atoms. The first-order chi connectivity index (χ1) is 11.2. The lowest BCUT2D eigenvalue weighted by Gasteiger charge is -2.26. The topological polar surface area (TPSA) is 50.4 Å². The summed E-state index contributed by atoms with van der Waals surface area (Å²) in [4.78, 5) is 2.45. The number of hydrogen-bond acceptors (Lipinski definition) is 3. The van der Waals surface area contributed by atoms with Gasteiger partial charge in [0.25, 0.3) is 0 Å². The maximum absolute atomic E-state index is 6.13. The minimum atomic E-state index is 0.213. The molecule has 130 valence electrons. The highest BCUT2D eigenvalue weighted by molar-refractivity contribution is 5.61. The number of ether oxygens (including phenoxy) is 1. The summed E-state index contributed by atoms with van der Waals surface area (Å²) in [6.07, 6.45) is 7.00. The summed E-state index contributed by atoms with van der Waals surface area (Å²) in [7, 11) is 0. The molecule has 0 bridgehead atoms. The van der Waals surface area contributed by atoms with Gasteiger partial charge in [-0.2, -0.15) is 5.53 Å². The molecule has 0 saturated carbocycles. The summed E-state index contributed by atoms with van der Waals surface area (Å²) < 4.78 is 6.13. The molecule has 0 unspecified atom stereocenters. The Kier molecular flexibility index (Phi) is 9.34. The van der Waals surface area contributed by atoms with E-state index in [9.17, 15) is 0 Å². The van der Waals surface area contributed by atoms with Gasteiger partial charge >= 0.3 is 0 Å². The Balaban J connectivity index is 3.01. The van der Waals surface area contributed by atoms with Crippen molar-refractivity contribution in [3.05, 3.63) is 18.2 Å². The van der Waals surface area contributed by atoms with Crippen LogP contribution in [0.4, 0.5) is 11.4 Å². The van der Waals surface area contributed by atoms with Gasteiger partial charge in [-0.1, -0.05) is 40.5 Å². The van der Waals surface area contributed by atoms with Gasteiger partial charge in [-0.25, -0.2) is 0 Å². The van der Waals surface area contributed by atoms with E-state index < -0.39 is 0 Å². The highest BCUT2D eigenvalue weighted by atomic mass is 16.5. The Morgan fingerprint density at radius 1 is 1.04 bits per heavy atom. The summed E-state index contributed by atoms with van der Waals surface area (Å²) in [6, 6.07) is 6.18. The highest BCUT2D eigenvalue weighted by Crippen LogP contribution is 2.33. The van der Waals surface area contributed by atoms with Crippen LogP contribution in [0.25, 0.3) is 0 Å². The van der Waals surface area contributed by atoms with E-state index in [0.29, 0.717) is 0 Å². The van der Waals surface area contributed by atoms with Gasteiger partial charge in [0.15, 0.2) is 11.4 Å². The molecule has 1 rings (SSSR count). The monoisotopic (exact) mass is 320 g/mol. The molecule has 0 fully saturated rings. The number of anilines is 1. The summed E-state index contributed by atoms with van der Waals surface area (Å²) in [5.74, 6) is 0.802. The van der Waals surface area contributed by atoms with E-state index in [2.05, 4.69) is 49.8 Å². The van der Waals surface area contributed by atoms with Crippen molar-refractivity contribution in [3.63, 3.8) is 0 Å². The Bertz CT molecular complexity index is 450. The van der Waals surface area contributed by atoms with Crippen LogP contribution < -0.4 is 15.2 Å². The predicted octanol–water partition coefficient (Wildman–Crippen LogP) is 4.50. The number of unbranched alkanes of at least 4 members (excludes halogenated alkanes) is 2. The number of rotatable bonds is 12. The summed E-state index contributed by atoms with van der Waals surface area (Å²) in [5, 5.41) is 3.87. The van der Waals surface area contributed by atoms with Gasteiger partial charge in [0.1, 0.15) is 0 Å². The Morgan fingerprint density at radius 2 is 1.65 bits per heavy atom. The molecule has 0 aliphatic rings. The number of nitrogens with two attached hydrogens (primary N) is 1. The second-order valence-corrected chi connectivity index (χ2v) is 6.03. The van der Waals surface area contributed by atoms with Crippen molar-refractivity contribution in [2.45, 2.75) is 72.3 Å². The maximum Gasteiger partial charge on any atom is 0.171 e. The van der Waals surface area contributed by atoms with Crippen LogP contribution >= 0.6 is 0 Å². The predicted molar refractivity (Wildman–Crippen MR) is 97.5 cm³/mol. The average Bonchev–Trinajstić information content (AvgIpc) is 2.59. The molecule has 1 aromatic rings. The zero-order chi connectivity index (χ0) is 17.1. The first kappa shape index (κ1) is 19.5. The van der Waals surface area contributed by atoms with E-state index in [1.54, 1.807) is 0 Å². The fourth-order valence-corrected chi connectivity index (χ4v) is 2.60. The molecule has 0 heterocycles. The molecule has 0 radical (unpaired) electrons. The second kappa shape index (κ2) is 11.0. The van der Waals surface area contributed by atoms with Crippen LogP contribution in [-0.4, -0.2) is 19.2 Å². The Hall–Kier alpha value is -1.58. The van der Waals surface area contributed by atoms with Gasteiger partial charge in [-0.05, 0) is 42.9 Å². The van der Waals surface area contributed by atoms with Gasteiger partial charge in [0.05, 0.1) is 6.10 Å². The molecule has 4 nitrogen and oxygen atoms in total. The SMILES string of the molecule is CCCCN(CCCC)c1ccc(N=[NH2+])c(OC(CC)CC)c1. The molecule has 0 aliphatic heterocycles. The quantitative estimate of drug-likeness (QED) is 0.576. The normalized spacial score (nSPS) is 10.8. The first-order valence-corrected chi connectivity index (χ1v) is 9.16. The minimum absolute atomic E-state index is 0.213. The van der Waals surface area contributed by atoms with Crippen molar-refractivity contribution in [1.29, 1.82) is 0 Å². The molecular formula is C19H34N3O+. The first-order valence-electron chi connectivity index (χ1n) is 9.16. The van der Waals surface area contributed by atoms with Crippen molar-refractivity contribution in [2.24, 2.45) is 5.11 Å². The Labute approximate surface area is 141 Å². The molecule has 1 aromatic carbocycles. The Morgan fingerprint density at radius 3 is 2.13 bits per heavy atom. The zero-order valence-electron chi connectivity index (χ0n) is 15.3. The van der Waals surface area contributed by atoms with E-state index in [-0.39, 0.29) is 6.10 Å². The van der Waals surface area contributed by atoms with Crippen molar-refractivity contribution in [3.8, 4) is 5.75 Å². The lowest BCUT2D eigenvalue weighted by Crippen LogP contribution is -2.26. The van der Waals surface area contributed by atoms with Gasteiger partial charge in [0.2, 0.25) is 0 Å². The van der Waals surface area contributed by atoms with E-state index >= 15 is 0 Å². The van der Waals surface area contributed by atoms with E-state index in [4.69, 9.17) is 10.3 Å². The van der Waals surface area contributed by atoms with E-state index in [0.717, 1.165) is 37.4 Å². The van der Waals surface area contributed by atoms with E-state index in [1.807, 2.05) is 6.07 Å². The third kappa shape index (κ3) is 6.20. The molecular weight excluding hydrogens is 286 g/mol. The average molecular weight is 321 g/mol. The smallest absolute Gasteiger partial charge is 0.171 e. The van der Waals surface area contributed by atoms with Crippen molar-refractivity contribution in [1.82, 2.24) is 0 Å². The molecule has 4 heteroatoms. The van der Waals surface area contributed by atoms with Gasteiger partial charge < -0.3 is 9.64 Å². The minimum Gasteiger partial charge on any atom is -0.488 e. The molecule has 2 N–H and O–H groups in total. The lowest BCUT2D eigenvalue weighted by molar-refractivity contribution is -0.210. The molecule has 0 aliphatic carbocycles. The standard InChI is InChI=1S/C19H33N3O/c1-5-9-13-22(14-10-6-2)16-11-12-18(21-20)19(15-16)23-17(7-3)8-4/h11-12,15,17,20H,5-10,13-14H2,1-4H3/p+1. The van der Waals surface area contributed by atoms with E-state index in [1.165, 1.54) is 31.4 Å². The number of nitrogens with zero attached hydrogens (tertiary/aromatic N) is 2. The van der Waals surface area contributed by atoms with Crippen molar-refractivity contribution >= 4 is 11.4 Å². The zero-order valence-corrected chi connectivity index (χ0v) is 15.3.